The standard InChI is InChI=1S/C40H78NO7P/c1-6-8-10-12-14-16-17-18-19-20-21-22-23-24-25-26-27-29-31-33-40(42)48-39(37-45-35-32-30-28-15-13-11-9-7-2)38-47-49(43,44)46-36-34-41(3,4)5/h14,16,18-19,39H,6-13,15,17,20-38H2,1-5H3/b16-14-,19-18-. The lowest BCUT2D eigenvalue weighted by molar-refractivity contribution is -0.870. The van der Waals surface area contributed by atoms with Gasteiger partial charge in [0, 0.05) is 13.0 Å². The van der Waals surface area contributed by atoms with E-state index in [-0.39, 0.29) is 25.8 Å². The van der Waals surface area contributed by atoms with Gasteiger partial charge in [0.25, 0.3) is 7.82 Å². The van der Waals surface area contributed by atoms with Crippen LogP contribution in [0.1, 0.15) is 168 Å². The number of likely N-dealkylation sites (N-methyl/N-ethyl adjacent to an activating group) is 1. The van der Waals surface area contributed by atoms with Gasteiger partial charge in [-0.2, -0.15) is 0 Å². The molecule has 8 nitrogen and oxygen atoms in total. The van der Waals surface area contributed by atoms with Crippen LogP contribution in [0.5, 0.6) is 0 Å². The molecule has 0 aliphatic heterocycles. The average molecular weight is 716 g/mol. The van der Waals surface area contributed by atoms with E-state index in [1.165, 1.54) is 109 Å². The molecule has 0 aliphatic rings. The minimum absolute atomic E-state index is 0.0266. The van der Waals surface area contributed by atoms with Crippen LogP contribution in [0.2, 0.25) is 0 Å². The van der Waals surface area contributed by atoms with Gasteiger partial charge in [0.2, 0.25) is 0 Å². The highest BCUT2D eigenvalue weighted by molar-refractivity contribution is 7.45. The second-order valence-corrected chi connectivity index (χ2v) is 16.1. The van der Waals surface area contributed by atoms with Gasteiger partial charge in [-0.15, -0.1) is 0 Å². The van der Waals surface area contributed by atoms with Gasteiger partial charge in [-0.05, 0) is 44.9 Å². The first kappa shape index (κ1) is 48.0. The molecule has 0 aliphatic carbocycles. The summed E-state index contributed by atoms with van der Waals surface area (Å²) in [6.07, 6.45) is 36.1. The fraction of sp³-hybridized carbons (Fsp3) is 0.875. The lowest BCUT2D eigenvalue weighted by Gasteiger charge is -2.28. The van der Waals surface area contributed by atoms with Crippen molar-refractivity contribution in [1.29, 1.82) is 0 Å². The van der Waals surface area contributed by atoms with Gasteiger partial charge in [0.05, 0.1) is 34.4 Å². The number of allylic oxidation sites excluding steroid dienone is 4. The predicted octanol–water partition coefficient (Wildman–Crippen LogP) is 10.6. The van der Waals surface area contributed by atoms with Crippen molar-refractivity contribution in [2.75, 3.05) is 54.1 Å². The lowest BCUT2D eigenvalue weighted by Crippen LogP contribution is -2.37. The molecule has 0 aromatic carbocycles. The van der Waals surface area contributed by atoms with Crippen LogP contribution in [0.3, 0.4) is 0 Å². The molecule has 0 fully saturated rings. The summed E-state index contributed by atoms with van der Waals surface area (Å²) in [5.74, 6) is -0.340. The van der Waals surface area contributed by atoms with Crippen molar-refractivity contribution in [1.82, 2.24) is 0 Å². The SMILES string of the molecule is CCCCC/C=C\C/C=C\CCCCCCCCCCCC(=O)OC(COCCCCCCCCCC)COP(=O)([O-])OCC[N+](C)(C)C. The zero-order valence-corrected chi connectivity index (χ0v) is 33.5. The molecule has 0 radical (unpaired) electrons. The molecule has 0 saturated heterocycles. The Hall–Kier alpha value is -1.02. The minimum atomic E-state index is -4.51. The normalized spacial score (nSPS) is 14.2. The summed E-state index contributed by atoms with van der Waals surface area (Å²) in [6, 6.07) is 0. The van der Waals surface area contributed by atoms with Crippen LogP contribution in [-0.4, -0.2) is 70.7 Å². The van der Waals surface area contributed by atoms with Gasteiger partial charge in [-0.3, -0.25) is 9.36 Å². The van der Waals surface area contributed by atoms with E-state index in [1.54, 1.807) is 0 Å². The van der Waals surface area contributed by atoms with Crippen LogP contribution in [0.4, 0.5) is 0 Å². The molecule has 0 N–H and O–H groups in total. The third-order valence-electron chi connectivity index (χ3n) is 8.51. The van der Waals surface area contributed by atoms with Crippen molar-refractivity contribution in [2.24, 2.45) is 0 Å². The second-order valence-electron chi connectivity index (χ2n) is 14.6. The highest BCUT2D eigenvalue weighted by Crippen LogP contribution is 2.38. The van der Waals surface area contributed by atoms with Crippen molar-refractivity contribution >= 4 is 13.8 Å². The molecule has 49 heavy (non-hydrogen) atoms. The van der Waals surface area contributed by atoms with E-state index in [2.05, 4.69) is 38.2 Å². The minimum Gasteiger partial charge on any atom is -0.756 e. The number of rotatable bonds is 37. The Balaban J connectivity index is 4.17. The third kappa shape index (κ3) is 38.1. The zero-order valence-electron chi connectivity index (χ0n) is 32.6. The number of ether oxygens (including phenoxy) is 2. The van der Waals surface area contributed by atoms with Crippen LogP contribution >= 0.6 is 7.82 Å². The van der Waals surface area contributed by atoms with Crippen molar-refractivity contribution < 1.29 is 37.3 Å². The second kappa shape index (κ2) is 34.1. The average Bonchev–Trinajstić information content (AvgIpc) is 3.04. The molecule has 0 bridgehead atoms. The molecule has 0 saturated carbocycles. The van der Waals surface area contributed by atoms with Gasteiger partial charge < -0.3 is 27.9 Å². The number of carbonyl (C=O) groups is 1. The van der Waals surface area contributed by atoms with E-state index in [4.69, 9.17) is 18.5 Å². The van der Waals surface area contributed by atoms with Crippen LogP contribution < -0.4 is 4.89 Å². The number of carbonyl (C=O) groups excluding carboxylic acids is 1. The van der Waals surface area contributed by atoms with Crippen molar-refractivity contribution in [2.45, 2.75) is 174 Å². The fourth-order valence-electron chi connectivity index (χ4n) is 5.34. The number of unbranched alkanes of at least 4 members (excludes halogenated alkanes) is 19. The summed E-state index contributed by atoms with van der Waals surface area (Å²) in [7, 11) is 1.35. The van der Waals surface area contributed by atoms with E-state index in [0.29, 0.717) is 24.1 Å². The summed E-state index contributed by atoms with van der Waals surface area (Å²) in [5.41, 5.74) is 0. The number of phosphoric ester groups is 1. The molecule has 0 aromatic heterocycles. The van der Waals surface area contributed by atoms with Crippen LogP contribution in [0, 0.1) is 0 Å². The molecular formula is C40H78NO7P. The Labute approximate surface area is 303 Å². The Morgan fingerprint density at radius 2 is 1.12 bits per heavy atom. The maximum Gasteiger partial charge on any atom is 0.306 e. The van der Waals surface area contributed by atoms with Gasteiger partial charge in [0.15, 0.2) is 0 Å². The molecule has 0 amide bonds. The summed E-state index contributed by atoms with van der Waals surface area (Å²) in [4.78, 5) is 24.9. The van der Waals surface area contributed by atoms with Crippen LogP contribution in [0.15, 0.2) is 24.3 Å². The van der Waals surface area contributed by atoms with Gasteiger partial charge in [-0.25, -0.2) is 0 Å². The number of nitrogens with zero attached hydrogens (tertiary/aromatic N) is 1. The summed E-state index contributed by atoms with van der Waals surface area (Å²) >= 11 is 0. The Morgan fingerprint density at radius 3 is 1.69 bits per heavy atom. The maximum absolute atomic E-state index is 12.6. The lowest BCUT2D eigenvalue weighted by atomic mass is 10.1. The molecule has 290 valence electrons. The highest BCUT2D eigenvalue weighted by Gasteiger charge is 2.20. The summed E-state index contributed by atoms with van der Waals surface area (Å²) < 4.78 is 34.4. The van der Waals surface area contributed by atoms with E-state index in [0.717, 1.165) is 38.5 Å². The van der Waals surface area contributed by atoms with Crippen LogP contribution in [-0.2, 0) is 27.9 Å². The largest absolute Gasteiger partial charge is 0.756 e. The molecule has 0 spiro atoms. The van der Waals surface area contributed by atoms with Crippen molar-refractivity contribution in [3.63, 3.8) is 0 Å². The molecule has 0 rings (SSSR count). The first-order valence-electron chi connectivity index (χ1n) is 20.1. The van der Waals surface area contributed by atoms with Gasteiger partial charge in [-0.1, -0.05) is 141 Å². The molecule has 0 aromatic rings. The van der Waals surface area contributed by atoms with Crippen LogP contribution in [0.25, 0.3) is 0 Å². The van der Waals surface area contributed by atoms with Gasteiger partial charge >= 0.3 is 5.97 Å². The summed E-state index contributed by atoms with van der Waals surface area (Å²) in [5, 5.41) is 0. The number of esters is 1. The number of phosphoric acid groups is 1. The Kier molecular flexibility index (Phi) is 33.4. The molecule has 0 heterocycles. The maximum atomic E-state index is 12.6. The van der Waals surface area contributed by atoms with E-state index < -0.39 is 13.9 Å². The molecule has 2 atom stereocenters. The fourth-order valence-corrected chi connectivity index (χ4v) is 6.07. The topological polar surface area (TPSA) is 94.1 Å². The smallest absolute Gasteiger partial charge is 0.306 e. The Bertz CT molecular complexity index is 843. The molecule has 9 heteroatoms. The van der Waals surface area contributed by atoms with E-state index >= 15 is 0 Å². The first-order valence-corrected chi connectivity index (χ1v) is 21.5. The van der Waals surface area contributed by atoms with Crippen molar-refractivity contribution in [3.05, 3.63) is 24.3 Å². The summed E-state index contributed by atoms with van der Waals surface area (Å²) in [6.45, 7) is 5.36. The zero-order chi connectivity index (χ0) is 36.3. The number of quaternary nitrogens is 1. The van der Waals surface area contributed by atoms with Crippen molar-refractivity contribution in [3.8, 4) is 0 Å². The monoisotopic (exact) mass is 716 g/mol. The van der Waals surface area contributed by atoms with E-state index in [9.17, 15) is 14.3 Å². The third-order valence-corrected chi connectivity index (χ3v) is 9.47. The Morgan fingerprint density at radius 1 is 0.633 bits per heavy atom. The first-order chi connectivity index (χ1) is 23.6. The van der Waals surface area contributed by atoms with E-state index in [1.807, 2.05) is 21.1 Å². The number of hydrogen-bond acceptors (Lipinski definition) is 7. The predicted molar refractivity (Wildman–Crippen MR) is 204 cm³/mol. The quantitative estimate of drug-likeness (QED) is 0.0208. The number of hydrogen-bond donors (Lipinski definition) is 0. The van der Waals surface area contributed by atoms with Gasteiger partial charge in [0.1, 0.15) is 19.3 Å². The highest BCUT2D eigenvalue weighted by atomic mass is 31.2. The molecular weight excluding hydrogens is 637 g/mol. The molecule has 2 unspecified atom stereocenters.